The van der Waals surface area contributed by atoms with Crippen LogP contribution in [0.2, 0.25) is 0 Å². The highest BCUT2D eigenvalue weighted by Gasteiger charge is 2.58. The maximum Gasteiger partial charge on any atom is 0.261 e. The quantitative estimate of drug-likeness (QED) is 0.609. The standard InChI is InChI=1S/C26H36N2O3S/c1-25-11-9-18(28-31-16-24(30)27-15-19-4-3-13-32-19)14-17(25)5-6-20-21-7-8-23(29)26(21,2)12-10-22(20)25/h3-4,13-14,20-23,29H,5-12,15-16H2,1-2H3,(H,27,30)/t20?,21?,22?,23-,25+,26+/m1/s1. The lowest BCUT2D eigenvalue weighted by atomic mass is 9.47. The lowest BCUT2D eigenvalue weighted by Gasteiger charge is -2.57. The third kappa shape index (κ3) is 3.83. The number of hydrogen-bond acceptors (Lipinski definition) is 5. The molecule has 3 saturated carbocycles. The number of carbonyl (C=O) groups excluding carboxylic acids is 1. The van der Waals surface area contributed by atoms with E-state index in [4.69, 9.17) is 4.84 Å². The third-order valence-corrected chi connectivity index (χ3v) is 10.2. The van der Waals surface area contributed by atoms with Crippen molar-refractivity contribution in [2.75, 3.05) is 6.61 Å². The van der Waals surface area contributed by atoms with Crippen LogP contribution in [0.25, 0.3) is 0 Å². The Morgan fingerprint density at radius 1 is 1.22 bits per heavy atom. The highest BCUT2D eigenvalue weighted by molar-refractivity contribution is 7.09. The van der Waals surface area contributed by atoms with E-state index in [2.05, 4.69) is 30.4 Å². The smallest absolute Gasteiger partial charge is 0.261 e. The van der Waals surface area contributed by atoms with E-state index < -0.39 is 0 Å². The Balaban J connectivity index is 1.20. The van der Waals surface area contributed by atoms with Gasteiger partial charge in [0, 0.05) is 4.88 Å². The Morgan fingerprint density at radius 2 is 2.09 bits per heavy atom. The molecule has 0 bridgehead atoms. The molecule has 1 aromatic rings. The fourth-order valence-corrected chi connectivity index (χ4v) is 8.08. The molecule has 0 saturated heterocycles. The van der Waals surface area contributed by atoms with Crippen LogP contribution in [0, 0.1) is 28.6 Å². The van der Waals surface area contributed by atoms with Gasteiger partial charge in [0.1, 0.15) is 0 Å². The molecule has 32 heavy (non-hydrogen) atoms. The number of fused-ring (bicyclic) bond motifs is 5. The van der Waals surface area contributed by atoms with Gasteiger partial charge in [-0.25, -0.2) is 0 Å². The van der Waals surface area contributed by atoms with Crippen LogP contribution in [0.3, 0.4) is 0 Å². The van der Waals surface area contributed by atoms with Gasteiger partial charge >= 0.3 is 0 Å². The fraction of sp³-hybridized carbons (Fsp3) is 0.692. The topological polar surface area (TPSA) is 70.9 Å². The van der Waals surface area contributed by atoms with Gasteiger partial charge in [-0.1, -0.05) is 30.6 Å². The molecule has 5 rings (SSSR count). The van der Waals surface area contributed by atoms with E-state index in [1.54, 1.807) is 11.3 Å². The number of aliphatic hydroxyl groups excluding tert-OH is 1. The number of rotatable bonds is 5. The van der Waals surface area contributed by atoms with E-state index >= 15 is 0 Å². The molecule has 4 aliphatic carbocycles. The van der Waals surface area contributed by atoms with E-state index in [-0.39, 0.29) is 29.4 Å². The second kappa shape index (κ2) is 8.60. The van der Waals surface area contributed by atoms with Crippen molar-refractivity contribution >= 4 is 23.0 Å². The molecule has 0 spiro atoms. The van der Waals surface area contributed by atoms with Crippen LogP contribution >= 0.6 is 11.3 Å². The third-order valence-electron chi connectivity index (χ3n) is 9.34. The summed E-state index contributed by atoms with van der Waals surface area (Å²) in [6.45, 7) is 5.32. The van der Waals surface area contributed by atoms with Gasteiger partial charge in [-0.15, -0.1) is 11.3 Å². The minimum atomic E-state index is -0.138. The Labute approximate surface area is 195 Å². The van der Waals surface area contributed by atoms with E-state index in [0.717, 1.165) is 54.5 Å². The number of thiophene rings is 1. The lowest BCUT2D eigenvalue weighted by molar-refractivity contribution is -0.125. The molecule has 174 valence electrons. The second-order valence-corrected chi connectivity index (χ2v) is 11.9. The summed E-state index contributed by atoms with van der Waals surface area (Å²) in [5.74, 6) is 2.01. The predicted molar refractivity (Wildman–Crippen MR) is 127 cm³/mol. The SMILES string of the molecule is C[C@]12CCC(=NOCC(=O)NCc3cccs3)C=C1CCC1C2CC[C@@]2(C)C1CC[C@H]2O. The van der Waals surface area contributed by atoms with Crippen molar-refractivity contribution in [3.8, 4) is 0 Å². The highest BCUT2D eigenvalue weighted by Crippen LogP contribution is 2.65. The van der Waals surface area contributed by atoms with Crippen LogP contribution in [0.5, 0.6) is 0 Å². The van der Waals surface area contributed by atoms with Crippen LogP contribution < -0.4 is 5.32 Å². The summed E-state index contributed by atoms with van der Waals surface area (Å²) in [7, 11) is 0. The molecule has 3 unspecified atom stereocenters. The lowest BCUT2D eigenvalue weighted by Crippen LogP contribution is -2.51. The molecule has 1 amide bonds. The van der Waals surface area contributed by atoms with E-state index in [0.29, 0.717) is 12.5 Å². The largest absolute Gasteiger partial charge is 0.393 e. The molecule has 3 fully saturated rings. The zero-order chi connectivity index (χ0) is 22.3. The summed E-state index contributed by atoms with van der Waals surface area (Å²) in [6, 6.07) is 3.99. The summed E-state index contributed by atoms with van der Waals surface area (Å²) >= 11 is 1.63. The van der Waals surface area contributed by atoms with Gasteiger partial charge < -0.3 is 15.3 Å². The number of nitrogens with one attached hydrogen (secondary N) is 1. The molecule has 1 aromatic heterocycles. The first-order chi connectivity index (χ1) is 15.4. The fourth-order valence-electron chi connectivity index (χ4n) is 7.44. The van der Waals surface area contributed by atoms with Gasteiger partial charge in [-0.2, -0.15) is 0 Å². The maximum absolute atomic E-state index is 12.0. The molecular formula is C26H36N2O3S. The van der Waals surface area contributed by atoms with Crippen molar-refractivity contribution < 1.29 is 14.7 Å². The first kappa shape index (κ1) is 22.1. The Bertz CT molecular complexity index is 910. The van der Waals surface area contributed by atoms with Gasteiger partial charge in [0.15, 0.2) is 6.61 Å². The van der Waals surface area contributed by atoms with Gasteiger partial charge in [0.05, 0.1) is 18.4 Å². The number of carbonyl (C=O) groups is 1. The predicted octanol–water partition coefficient (Wildman–Crippen LogP) is 5.06. The van der Waals surface area contributed by atoms with Crippen molar-refractivity contribution in [2.24, 2.45) is 33.7 Å². The van der Waals surface area contributed by atoms with Crippen molar-refractivity contribution in [3.63, 3.8) is 0 Å². The molecule has 6 atom stereocenters. The van der Waals surface area contributed by atoms with Crippen LogP contribution in [0.1, 0.15) is 70.1 Å². The Morgan fingerprint density at radius 3 is 2.91 bits per heavy atom. The van der Waals surface area contributed by atoms with Crippen molar-refractivity contribution in [2.45, 2.75) is 77.9 Å². The minimum Gasteiger partial charge on any atom is -0.393 e. The van der Waals surface area contributed by atoms with E-state index in [1.165, 1.54) is 24.8 Å². The number of hydrogen-bond donors (Lipinski definition) is 2. The molecule has 2 N–H and O–H groups in total. The van der Waals surface area contributed by atoms with Crippen LogP contribution in [0.4, 0.5) is 0 Å². The molecule has 1 heterocycles. The first-order valence-corrected chi connectivity index (χ1v) is 13.1. The molecule has 4 aliphatic rings. The van der Waals surface area contributed by atoms with E-state index in [1.807, 2.05) is 17.5 Å². The second-order valence-electron chi connectivity index (χ2n) is 10.9. The van der Waals surface area contributed by atoms with Crippen molar-refractivity contribution in [1.82, 2.24) is 5.32 Å². The van der Waals surface area contributed by atoms with Gasteiger partial charge in [0.2, 0.25) is 0 Å². The zero-order valence-corrected chi connectivity index (χ0v) is 20.1. The van der Waals surface area contributed by atoms with Crippen LogP contribution in [-0.2, 0) is 16.2 Å². The number of aliphatic hydroxyl groups is 1. The average molecular weight is 457 g/mol. The summed E-state index contributed by atoms with van der Waals surface area (Å²) < 4.78 is 0. The number of allylic oxidation sites excluding steroid dienone is 2. The summed E-state index contributed by atoms with van der Waals surface area (Å²) in [6.07, 6.45) is 11.1. The van der Waals surface area contributed by atoms with Crippen LogP contribution in [-0.4, -0.2) is 29.4 Å². The molecule has 5 nitrogen and oxygen atoms in total. The average Bonchev–Trinajstić information content (AvgIpc) is 3.40. The molecule has 0 aliphatic heterocycles. The monoisotopic (exact) mass is 456 g/mol. The van der Waals surface area contributed by atoms with Gasteiger partial charge in [-0.05, 0) is 97.5 Å². The molecular weight excluding hydrogens is 420 g/mol. The van der Waals surface area contributed by atoms with Gasteiger partial charge in [-0.3, -0.25) is 4.79 Å². The van der Waals surface area contributed by atoms with Crippen molar-refractivity contribution in [3.05, 3.63) is 34.0 Å². The maximum atomic E-state index is 12.0. The van der Waals surface area contributed by atoms with E-state index in [9.17, 15) is 9.90 Å². The Kier molecular flexibility index (Phi) is 5.95. The summed E-state index contributed by atoms with van der Waals surface area (Å²) in [5.41, 5.74) is 2.88. The number of nitrogens with zero attached hydrogens (tertiary/aromatic N) is 1. The summed E-state index contributed by atoms with van der Waals surface area (Å²) in [5, 5.41) is 19.8. The number of amides is 1. The first-order valence-electron chi connectivity index (χ1n) is 12.3. The van der Waals surface area contributed by atoms with Gasteiger partial charge in [0.25, 0.3) is 5.91 Å². The molecule has 6 heteroatoms. The molecule has 0 aromatic carbocycles. The Hall–Kier alpha value is -1.66. The number of oxime groups is 1. The minimum absolute atomic E-state index is 0.0391. The summed E-state index contributed by atoms with van der Waals surface area (Å²) in [4.78, 5) is 18.6. The van der Waals surface area contributed by atoms with Crippen LogP contribution in [0.15, 0.2) is 34.3 Å². The molecule has 0 radical (unpaired) electrons. The highest BCUT2D eigenvalue weighted by atomic mass is 32.1. The van der Waals surface area contributed by atoms with Crippen molar-refractivity contribution in [1.29, 1.82) is 0 Å². The zero-order valence-electron chi connectivity index (χ0n) is 19.3. The normalized spacial score (nSPS) is 39.6.